The Morgan fingerprint density at radius 3 is 2.44 bits per heavy atom. The first-order valence-electron chi connectivity index (χ1n) is 6.26. The SMILES string of the molecule is CC(CNC(=O)c1ccc(C(N)=S)cc1)C1CC1. The van der Waals surface area contributed by atoms with E-state index in [1.54, 1.807) is 24.3 Å². The highest BCUT2D eigenvalue weighted by Crippen LogP contribution is 2.36. The number of nitrogens with two attached hydrogens (primary N) is 1. The van der Waals surface area contributed by atoms with E-state index in [0.717, 1.165) is 18.0 Å². The second kappa shape index (κ2) is 5.48. The van der Waals surface area contributed by atoms with Crippen molar-refractivity contribution in [2.45, 2.75) is 19.8 Å². The normalized spacial score (nSPS) is 16.1. The summed E-state index contributed by atoms with van der Waals surface area (Å²) in [7, 11) is 0. The lowest BCUT2D eigenvalue weighted by Gasteiger charge is -2.11. The van der Waals surface area contributed by atoms with Crippen LogP contribution in [0.3, 0.4) is 0 Å². The van der Waals surface area contributed by atoms with Gasteiger partial charge in [0.2, 0.25) is 0 Å². The van der Waals surface area contributed by atoms with E-state index in [0.29, 0.717) is 16.5 Å². The molecule has 1 saturated carbocycles. The Bertz CT molecular complexity index is 451. The van der Waals surface area contributed by atoms with Crippen molar-refractivity contribution < 1.29 is 4.79 Å². The van der Waals surface area contributed by atoms with Gasteiger partial charge in [0.05, 0.1) is 0 Å². The highest BCUT2D eigenvalue weighted by atomic mass is 32.1. The van der Waals surface area contributed by atoms with Crippen LogP contribution >= 0.6 is 12.2 Å². The molecule has 0 heterocycles. The molecular formula is C14H18N2OS. The molecule has 0 bridgehead atoms. The van der Waals surface area contributed by atoms with Crippen LogP contribution in [0.5, 0.6) is 0 Å². The lowest BCUT2D eigenvalue weighted by Crippen LogP contribution is -2.29. The molecule has 1 unspecified atom stereocenters. The fraction of sp³-hybridized carbons (Fsp3) is 0.429. The zero-order chi connectivity index (χ0) is 13.1. The van der Waals surface area contributed by atoms with Crippen molar-refractivity contribution in [3.05, 3.63) is 35.4 Å². The molecular weight excluding hydrogens is 244 g/mol. The summed E-state index contributed by atoms with van der Waals surface area (Å²) in [5, 5.41) is 2.97. The zero-order valence-corrected chi connectivity index (χ0v) is 11.3. The maximum atomic E-state index is 11.9. The maximum Gasteiger partial charge on any atom is 0.251 e. The van der Waals surface area contributed by atoms with Crippen LogP contribution in [0.25, 0.3) is 0 Å². The summed E-state index contributed by atoms with van der Waals surface area (Å²) in [5.74, 6) is 1.35. The summed E-state index contributed by atoms with van der Waals surface area (Å²) in [6.45, 7) is 2.94. The minimum absolute atomic E-state index is 0.0306. The van der Waals surface area contributed by atoms with Gasteiger partial charge in [-0.2, -0.15) is 0 Å². The average Bonchev–Trinajstić information content (AvgIpc) is 3.20. The van der Waals surface area contributed by atoms with Crippen LogP contribution in [0.1, 0.15) is 35.7 Å². The van der Waals surface area contributed by atoms with Gasteiger partial charge in [-0.1, -0.05) is 31.3 Å². The van der Waals surface area contributed by atoms with Crippen LogP contribution in [0, 0.1) is 11.8 Å². The molecule has 0 aromatic heterocycles. The molecule has 3 N–H and O–H groups in total. The first-order valence-corrected chi connectivity index (χ1v) is 6.67. The Kier molecular flexibility index (Phi) is 3.97. The second-order valence-electron chi connectivity index (χ2n) is 4.97. The second-order valence-corrected chi connectivity index (χ2v) is 5.41. The topological polar surface area (TPSA) is 55.1 Å². The van der Waals surface area contributed by atoms with E-state index in [-0.39, 0.29) is 5.91 Å². The number of thiocarbonyl (C=S) groups is 1. The van der Waals surface area contributed by atoms with Gasteiger partial charge in [0.25, 0.3) is 5.91 Å². The van der Waals surface area contributed by atoms with Crippen molar-refractivity contribution in [3.63, 3.8) is 0 Å². The standard InChI is InChI=1S/C14H18N2OS/c1-9(10-2-3-10)8-16-14(17)12-6-4-11(5-7-12)13(15)18/h4-7,9-10H,2-3,8H2,1H3,(H2,15,18)(H,16,17). The van der Waals surface area contributed by atoms with Crippen molar-refractivity contribution in [1.82, 2.24) is 5.32 Å². The largest absolute Gasteiger partial charge is 0.389 e. The Balaban J connectivity index is 1.89. The first kappa shape index (κ1) is 13.0. The van der Waals surface area contributed by atoms with Crippen LogP contribution < -0.4 is 11.1 Å². The summed E-state index contributed by atoms with van der Waals surface area (Å²) in [4.78, 5) is 12.2. The number of amides is 1. The molecule has 3 nitrogen and oxygen atoms in total. The van der Waals surface area contributed by atoms with Crippen LogP contribution in [-0.4, -0.2) is 17.4 Å². The average molecular weight is 262 g/mol. The molecule has 0 radical (unpaired) electrons. The quantitative estimate of drug-likeness (QED) is 0.799. The third-order valence-electron chi connectivity index (χ3n) is 3.44. The Morgan fingerprint density at radius 2 is 1.94 bits per heavy atom. The highest BCUT2D eigenvalue weighted by molar-refractivity contribution is 7.80. The molecule has 1 fully saturated rings. The molecule has 1 aliphatic carbocycles. The van der Waals surface area contributed by atoms with Crippen LogP contribution in [0.15, 0.2) is 24.3 Å². The number of carbonyl (C=O) groups excluding carboxylic acids is 1. The van der Waals surface area contributed by atoms with E-state index in [1.165, 1.54) is 12.8 Å². The molecule has 4 heteroatoms. The first-order chi connectivity index (χ1) is 8.58. The van der Waals surface area contributed by atoms with Crippen LogP contribution in [0.4, 0.5) is 0 Å². The molecule has 0 spiro atoms. The van der Waals surface area contributed by atoms with Crippen molar-refractivity contribution >= 4 is 23.1 Å². The number of benzene rings is 1. The lowest BCUT2D eigenvalue weighted by molar-refractivity contribution is 0.0946. The monoisotopic (exact) mass is 262 g/mol. The summed E-state index contributed by atoms with van der Waals surface area (Å²) >= 11 is 4.87. The molecule has 1 aromatic carbocycles. The van der Waals surface area contributed by atoms with Gasteiger partial charge in [-0.15, -0.1) is 0 Å². The molecule has 1 atom stereocenters. The molecule has 1 aromatic rings. The van der Waals surface area contributed by atoms with Gasteiger partial charge >= 0.3 is 0 Å². The molecule has 96 valence electrons. The summed E-state index contributed by atoms with van der Waals surface area (Å²) in [5.41, 5.74) is 6.95. The molecule has 18 heavy (non-hydrogen) atoms. The summed E-state index contributed by atoms with van der Waals surface area (Å²) in [6.07, 6.45) is 2.61. The summed E-state index contributed by atoms with van der Waals surface area (Å²) < 4.78 is 0. The zero-order valence-electron chi connectivity index (χ0n) is 10.5. The number of rotatable bonds is 5. The van der Waals surface area contributed by atoms with Crippen molar-refractivity contribution in [2.75, 3.05) is 6.54 Å². The Morgan fingerprint density at radius 1 is 1.39 bits per heavy atom. The molecule has 1 aliphatic rings. The predicted molar refractivity (Wildman–Crippen MR) is 76.6 cm³/mol. The van der Waals surface area contributed by atoms with Crippen LogP contribution in [0.2, 0.25) is 0 Å². The van der Waals surface area contributed by atoms with Gasteiger partial charge in [-0.3, -0.25) is 4.79 Å². The van der Waals surface area contributed by atoms with E-state index >= 15 is 0 Å². The van der Waals surface area contributed by atoms with Gasteiger partial charge in [-0.05, 0) is 36.8 Å². The fourth-order valence-corrected chi connectivity index (χ4v) is 2.11. The fourth-order valence-electron chi connectivity index (χ4n) is 1.97. The van der Waals surface area contributed by atoms with Gasteiger partial charge in [0.1, 0.15) is 4.99 Å². The van der Waals surface area contributed by atoms with Gasteiger partial charge in [0, 0.05) is 17.7 Å². The lowest BCUT2D eigenvalue weighted by atomic mass is 10.1. The van der Waals surface area contributed by atoms with E-state index < -0.39 is 0 Å². The Hall–Kier alpha value is -1.42. The minimum Gasteiger partial charge on any atom is -0.389 e. The van der Waals surface area contributed by atoms with Gasteiger partial charge in [-0.25, -0.2) is 0 Å². The minimum atomic E-state index is -0.0306. The molecule has 0 aliphatic heterocycles. The maximum absolute atomic E-state index is 11.9. The third-order valence-corrected chi connectivity index (χ3v) is 3.68. The Labute approximate surface area is 113 Å². The van der Waals surface area contributed by atoms with Crippen molar-refractivity contribution in [3.8, 4) is 0 Å². The van der Waals surface area contributed by atoms with E-state index in [1.807, 2.05) is 0 Å². The smallest absolute Gasteiger partial charge is 0.251 e. The number of hydrogen-bond acceptors (Lipinski definition) is 2. The molecule has 1 amide bonds. The molecule has 2 rings (SSSR count). The van der Waals surface area contributed by atoms with Crippen molar-refractivity contribution in [2.24, 2.45) is 17.6 Å². The molecule has 0 saturated heterocycles. The van der Waals surface area contributed by atoms with E-state index in [4.69, 9.17) is 18.0 Å². The van der Waals surface area contributed by atoms with E-state index in [2.05, 4.69) is 12.2 Å². The van der Waals surface area contributed by atoms with Crippen LogP contribution in [-0.2, 0) is 0 Å². The number of nitrogens with one attached hydrogen (secondary N) is 1. The third kappa shape index (κ3) is 3.29. The highest BCUT2D eigenvalue weighted by Gasteiger charge is 2.27. The van der Waals surface area contributed by atoms with Gasteiger partial charge in [0.15, 0.2) is 0 Å². The predicted octanol–water partition coefficient (Wildman–Crippen LogP) is 2.10. The summed E-state index contributed by atoms with van der Waals surface area (Å²) in [6, 6.07) is 7.07. The number of hydrogen-bond donors (Lipinski definition) is 2. The van der Waals surface area contributed by atoms with Crippen molar-refractivity contribution in [1.29, 1.82) is 0 Å². The van der Waals surface area contributed by atoms with Gasteiger partial charge < -0.3 is 11.1 Å². The van der Waals surface area contributed by atoms with E-state index in [9.17, 15) is 4.79 Å². The number of carbonyl (C=O) groups is 1.